The van der Waals surface area contributed by atoms with E-state index in [-0.39, 0.29) is 5.91 Å². The summed E-state index contributed by atoms with van der Waals surface area (Å²) in [5.41, 5.74) is 7.45. The first-order chi connectivity index (χ1) is 12.5. The third kappa shape index (κ3) is 5.66. The quantitative estimate of drug-likeness (QED) is 0.711. The molecule has 0 aliphatic carbocycles. The monoisotopic (exact) mass is 354 g/mol. The van der Waals surface area contributed by atoms with E-state index in [4.69, 9.17) is 15.2 Å². The van der Waals surface area contributed by atoms with Crippen LogP contribution in [0.3, 0.4) is 0 Å². The molecule has 0 radical (unpaired) electrons. The van der Waals surface area contributed by atoms with Crippen LogP contribution >= 0.6 is 0 Å². The lowest BCUT2D eigenvalue weighted by atomic mass is 10.1. The normalized spacial score (nSPS) is 10.5. The van der Waals surface area contributed by atoms with Gasteiger partial charge in [-0.3, -0.25) is 9.59 Å². The van der Waals surface area contributed by atoms with Crippen LogP contribution in [0, 0.1) is 0 Å². The fourth-order valence-corrected chi connectivity index (χ4v) is 2.37. The van der Waals surface area contributed by atoms with Gasteiger partial charge in [0.25, 0.3) is 0 Å². The second-order valence-corrected chi connectivity index (χ2v) is 5.58. The Hall–Kier alpha value is -3.28. The van der Waals surface area contributed by atoms with Crippen molar-refractivity contribution in [1.29, 1.82) is 0 Å². The predicted octanol–water partition coefficient (Wildman–Crippen LogP) is 2.17. The van der Waals surface area contributed by atoms with Gasteiger partial charge in [0.2, 0.25) is 11.8 Å². The van der Waals surface area contributed by atoms with E-state index in [1.165, 1.54) is 6.08 Å². The molecule has 0 atom stereocenters. The van der Waals surface area contributed by atoms with Gasteiger partial charge in [0, 0.05) is 24.3 Å². The van der Waals surface area contributed by atoms with Crippen LogP contribution < -0.4 is 20.5 Å². The average Bonchev–Trinajstić information content (AvgIpc) is 2.66. The third-order valence-electron chi connectivity index (χ3n) is 3.73. The SMILES string of the molecule is COc1cc(/C=C/C(=O)NCCc2cccc(C(N)=O)c2)cc(OC)c1. The number of nitrogens with two attached hydrogens (primary N) is 1. The molecule has 3 N–H and O–H groups in total. The minimum atomic E-state index is -0.465. The van der Waals surface area contributed by atoms with Crippen molar-refractivity contribution in [3.05, 3.63) is 65.2 Å². The highest BCUT2D eigenvalue weighted by Gasteiger charge is 2.03. The van der Waals surface area contributed by atoms with E-state index in [0.717, 1.165) is 11.1 Å². The number of ether oxygens (including phenoxy) is 2. The largest absolute Gasteiger partial charge is 0.497 e. The van der Waals surface area contributed by atoms with Crippen LogP contribution in [-0.2, 0) is 11.2 Å². The summed E-state index contributed by atoms with van der Waals surface area (Å²) in [7, 11) is 3.14. The molecule has 6 nitrogen and oxygen atoms in total. The Bertz CT molecular complexity index is 793. The number of hydrogen-bond acceptors (Lipinski definition) is 4. The lowest BCUT2D eigenvalue weighted by Crippen LogP contribution is -2.23. The summed E-state index contributed by atoms with van der Waals surface area (Å²) in [6, 6.07) is 12.4. The molecule has 0 aromatic heterocycles. The summed E-state index contributed by atoms with van der Waals surface area (Å²) in [5.74, 6) is 0.628. The van der Waals surface area contributed by atoms with Crippen LogP contribution in [-0.4, -0.2) is 32.6 Å². The van der Waals surface area contributed by atoms with Crippen molar-refractivity contribution in [2.45, 2.75) is 6.42 Å². The maximum absolute atomic E-state index is 12.0. The number of carbonyl (C=O) groups is 2. The maximum atomic E-state index is 12.0. The van der Waals surface area contributed by atoms with Crippen LogP contribution in [0.25, 0.3) is 6.08 Å². The number of hydrogen-bond donors (Lipinski definition) is 2. The van der Waals surface area contributed by atoms with Crippen LogP contribution in [0.15, 0.2) is 48.5 Å². The molecule has 0 aliphatic heterocycles. The van der Waals surface area contributed by atoms with Gasteiger partial charge < -0.3 is 20.5 Å². The molecule has 0 heterocycles. The molecule has 2 aromatic carbocycles. The van der Waals surface area contributed by atoms with Gasteiger partial charge in [-0.25, -0.2) is 0 Å². The smallest absolute Gasteiger partial charge is 0.248 e. The Kier molecular flexibility index (Phi) is 6.79. The topological polar surface area (TPSA) is 90.6 Å². The molecular formula is C20H22N2O4. The first-order valence-corrected chi connectivity index (χ1v) is 8.09. The molecular weight excluding hydrogens is 332 g/mol. The summed E-state index contributed by atoms with van der Waals surface area (Å²) in [5, 5.41) is 2.80. The van der Waals surface area contributed by atoms with E-state index in [9.17, 15) is 9.59 Å². The van der Waals surface area contributed by atoms with Gasteiger partial charge in [0.1, 0.15) is 11.5 Å². The molecule has 0 fully saturated rings. The van der Waals surface area contributed by atoms with E-state index >= 15 is 0 Å². The molecule has 136 valence electrons. The second kappa shape index (κ2) is 9.27. The molecule has 0 bridgehead atoms. The molecule has 2 amide bonds. The molecule has 2 rings (SSSR count). The lowest BCUT2D eigenvalue weighted by Gasteiger charge is -2.06. The predicted molar refractivity (Wildman–Crippen MR) is 100 cm³/mol. The number of amides is 2. The minimum absolute atomic E-state index is 0.210. The molecule has 0 unspecified atom stereocenters. The van der Waals surface area contributed by atoms with Crippen molar-refractivity contribution in [3.8, 4) is 11.5 Å². The molecule has 0 saturated carbocycles. The van der Waals surface area contributed by atoms with E-state index in [2.05, 4.69) is 5.32 Å². The van der Waals surface area contributed by atoms with Crippen LogP contribution in [0.2, 0.25) is 0 Å². The van der Waals surface area contributed by atoms with Crippen molar-refractivity contribution in [2.75, 3.05) is 20.8 Å². The van der Waals surface area contributed by atoms with Crippen molar-refractivity contribution < 1.29 is 19.1 Å². The third-order valence-corrected chi connectivity index (χ3v) is 3.73. The summed E-state index contributed by atoms with van der Waals surface area (Å²) < 4.78 is 10.4. The average molecular weight is 354 g/mol. The second-order valence-electron chi connectivity index (χ2n) is 5.58. The summed E-state index contributed by atoms with van der Waals surface area (Å²) in [6.45, 7) is 0.451. The van der Waals surface area contributed by atoms with E-state index < -0.39 is 5.91 Å². The van der Waals surface area contributed by atoms with Gasteiger partial charge in [0.15, 0.2) is 0 Å². The highest BCUT2D eigenvalue weighted by Crippen LogP contribution is 2.23. The molecule has 2 aromatic rings. The Balaban J connectivity index is 1.90. The Morgan fingerprint density at radius 3 is 2.38 bits per heavy atom. The molecule has 0 aliphatic rings. The number of methoxy groups -OCH3 is 2. The Labute approximate surface area is 152 Å². The number of nitrogens with one attached hydrogen (secondary N) is 1. The number of benzene rings is 2. The van der Waals surface area contributed by atoms with Crippen LogP contribution in [0.4, 0.5) is 0 Å². The van der Waals surface area contributed by atoms with Gasteiger partial charge in [-0.2, -0.15) is 0 Å². The first kappa shape index (κ1) is 19.1. The summed E-state index contributed by atoms with van der Waals surface area (Å²) in [4.78, 5) is 23.1. The van der Waals surface area contributed by atoms with Crippen LogP contribution in [0.1, 0.15) is 21.5 Å². The Morgan fingerprint density at radius 1 is 1.08 bits per heavy atom. The van der Waals surface area contributed by atoms with Crippen molar-refractivity contribution in [2.24, 2.45) is 5.73 Å². The van der Waals surface area contributed by atoms with Crippen molar-refractivity contribution >= 4 is 17.9 Å². The van der Waals surface area contributed by atoms with E-state index in [1.807, 2.05) is 18.2 Å². The molecule has 0 saturated heterocycles. The fraction of sp³-hybridized carbons (Fsp3) is 0.200. The maximum Gasteiger partial charge on any atom is 0.248 e. The zero-order valence-electron chi connectivity index (χ0n) is 14.8. The van der Waals surface area contributed by atoms with E-state index in [0.29, 0.717) is 30.0 Å². The summed E-state index contributed by atoms with van der Waals surface area (Å²) >= 11 is 0. The van der Waals surface area contributed by atoms with Gasteiger partial charge in [-0.05, 0) is 47.9 Å². The van der Waals surface area contributed by atoms with Crippen LogP contribution in [0.5, 0.6) is 11.5 Å². The highest BCUT2D eigenvalue weighted by atomic mass is 16.5. The fourth-order valence-electron chi connectivity index (χ4n) is 2.37. The standard InChI is InChI=1S/C20H22N2O4/c1-25-17-11-15(12-18(13-17)26-2)6-7-19(23)22-9-8-14-4-3-5-16(10-14)20(21)24/h3-7,10-13H,8-9H2,1-2H3,(H2,21,24)(H,22,23)/b7-6+. The van der Waals surface area contributed by atoms with Crippen molar-refractivity contribution in [1.82, 2.24) is 5.32 Å². The van der Waals surface area contributed by atoms with Gasteiger partial charge in [-0.1, -0.05) is 12.1 Å². The zero-order valence-corrected chi connectivity index (χ0v) is 14.8. The first-order valence-electron chi connectivity index (χ1n) is 8.09. The molecule has 6 heteroatoms. The number of primary amides is 1. The van der Waals surface area contributed by atoms with Crippen molar-refractivity contribution in [3.63, 3.8) is 0 Å². The Morgan fingerprint density at radius 2 is 1.77 bits per heavy atom. The van der Waals surface area contributed by atoms with Gasteiger partial charge in [-0.15, -0.1) is 0 Å². The summed E-state index contributed by atoms with van der Waals surface area (Å²) in [6.07, 6.45) is 3.75. The molecule has 26 heavy (non-hydrogen) atoms. The minimum Gasteiger partial charge on any atom is -0.497 e. The number of rotatable bonds is 8. The molecule has 0 spiro atoms. The number of carbonyl (C=O) groups excluding carboxylic acids is 2. The van der Waals surface area contributed by atoms with E-state index in [1.54, 1.807) is 44.6 Å². The zero-order chi connectivity index (χ0) is 18.9. The van der Waals surface area contributed by atoms with Gasteiger partial charge in [0.05, 0.1) is 14.2 Å². The lowest BCUT2D eigenvalue weighted by molar-refractivity contribution is -0.116. The highest BCUT2D eigenvalue weighted by molar-refractivity contribution is 5.93. The van der Waals surface area contributed by atoms with Gasteiger partial charge >= 0.3 is 0 Å².